The second kappa shape index (κ2) is 8.80. The highest BCUT2D eigenvalue weighted by molar-refractivity contribution is 7.92. The van der Waals surface area contributed by atoms with E-state index in [9.17, 15) is 12.8 Å². The van der Waals surface area contributed by atoms with E-state index >= 15 is 4.39 Å². The predicted molar refractivity (Wildman–Crippen MR) is 116 cm³/mol. The number of benzene rings is 1. The molecule has 0 saturated carbocycles. The summed E-state index contributed by atoms with van der Waals surface area (Å²) in [5.41, 5.74) is 1.75. The molecule has 0 amide bonds. The van der Waals surface area contributed by atoms with Crippen molar-refractivity contribution in [3.8, 4) is 0 Å². The van der Waals surface area contributed by atoms with Crippen LogP contribution >= 0.6 is 0 Å². The Morgan fingerprint density at radius 3 is 2.77 bits per heavy atom. The van der Waals surface area contributed by atoms with Gasteiger partial charge in [-0.05, 0) is 30.2 Å². The number of aromatic nitrogens is 2. The van der Waals surface area contributed by atoms with Gasteiger partial charge in [0.2, 0.25) is 10.0 Å². The summed E-state index contributed by atoms with van der Waals surface area (Å²) in [5.74, 6) is -1.79. The molecule has 2 N–H and O–H groups in total. The van der Waals surface area contributed by atoms with E-state index < -0.39 is 21.7 Å². The molecule has 0 aliphatic carbocycles. The minimum Gasteiger partial charge on any atom is -0.378 e. The van der Waals surface area contributed by atoms with Gasteiger partial charge in [-0.15, -0.1) is 0 Å². The van der Waals surface area contributed by atoms with Crippen molar-refractivity contribution >= 4 is 32.4 Å². The number of aromatic amines is 1. The van der Waals surface area contributed by atoms with Crippen LogP contribution < -0.4 is 9.62 Å². The first-order valence-corrected chi connectivity index (χ1v) is 11.8. The van der Waals surface area contributed by atoms with Gasteiger partial charge in [-0.3, -0.25) is 4.72 Å². The van der Waals surface area contributed by atoms with Gasteiger partial charge in [0.05, 0.1) is 36.5 Å². The molecule has 1 aromatic carbocycles. The van der Waals surface area contributed by atoms with Gasteiger partial charge in [0, 0.05) is 36.7 Å². The van der Waals surface area contributed by atoms with Gasteiger partial charge in [-0.1, -0.05) is 6.92 Å². The molecule has 1 aliphatic rings. The lowest BCUT2D eigenvalue weighted by molar-refractivity contribution is 0.122. The van der Waals surface area contributed by atoms with Crippen molar-refractivity contribution in [2.24, 2.45) is 0 Å². The Kier molecular flexibility index (Phi) is 6.10. The molecule has 4 rings (SSSR count). The van der Waals surface area contributed by atoms with Gasteiger partial charge in [0.1, 0.15) is 11.5 Å². The molecule has 3 aromatic rings. The molecule has 0 atom stereocenters. The number of ether oxygens (including phenoxy) is 1. The van der Waals surface area contributed by atoms with Gasteiger partial charge in [0.25, 0.3) is 0 Å². The molecular formula is C21H24F2N4O3S. The fraction of sp³-hybridized carbons (Fsp3) is 0.381. The van der Waals surface area contributed by atoms with Crippen LogP contribution in [0.15, 0.2) is 30.6 Å². The van der Waals surface area contributed by atoms with E-state index in [1.807, 2.05) is 6.07 Å². The molecule has 7 nitrogen and oxygen atoms in total. The second-order valence-electron chi connectivity index (χ2n) is 7.49. The Bertz CT molecular complexity index is 1190. The number of morpholine rings is 1. The van der Waals surface area contributed by atoms with Crippen molar-refractivity contribution in [3.05, 3.63) is 53.4 Å². The first-order chi connectivity index (χ1) is 14.9. The summed E-state index contributed by atoms with van der Waals surface area (Å²) in [4.78, 5) is 9.62. The molecule has 0 radical (unpaired) electrons. The number of hydrogen-bond donors (Lipinski definition) is 2. The van der Waals surface area contributed by atoms with Crippen LogP contribution in [-0.2, 0) is 21.2 Å². The van der Waals surface area contributed by atoms with Crippen LogP contribution in [0, 0.1) is 11.6 Å². The Balaban J connectivity index is 1.66. The number of hydrogen-bond acceptors (Lipinski definition) is 5. The summed E-state index contributed by atoms with van der Waals surface area (Å²) in [6.07, 6.45) is 3.78. The maximum absolute atomic E-state index is 15.1. The number of rotatable bonds is 7. The summed E-state index contributed by atoms with van der Waals surface area (Å²) >= 11 is 0. The van der Waals surface area contributed by atoms with Crippen molar-refractivity contribution in [2.45, 2.75) is 19.8 Å². The molecule has 0 spiro atoms. The number of nitrogens with zero attached hydrogens (tertiary/aromatic N) is 2. The fourth-order valence-corrected chi connectivity index (χ4v) is 4.84. The number of nitrogens with one attached hydrogen (secondary N) is 2. The number of anilines is 2. The first kappa shape index (κ1) is 21.5. The Morgan fingerprint density at radius 1 is 1.26 bits per heavy atom. The zero-order chi connectivity index (χ0) is 22.0. The van der Waals surface area contributed by atoms with Crippen LogP contribution in [-0.4, -0.2) is 50.4 Å². The quantitative estimate of drug-likeness (QED) is 0.576. The minimum absolute atomic E-state index is 0.0464. The lowest BCUT2D eigenvalue weighted by Gasteiger charge is -2.28. The molecule has 1 saturated heterocycles. The van der Waals surface area contributed by atoms with Crippen LogP contribution in [0.5, 0.6) is 0 Å². The van der Waals surface area contributed by atoms with Crippen LogP contribution in [0.2, 0.25) is 0 Å². The van der Waals surface area contributed by atoms with Crippen molar-refractivity contribution in [2.75, 3.05) is 41.7 Å². The summed E-state index contributed by atoms with van der Waals surface area (Å²) in [7, 11) is -3.70. The molecule has 2 aromatic heterocycles. The highest BCUT2D eigenvalue weighted by Gasteiger charge is 2.20. The number of H-pyrrole nitrogens is 1. The van der Waals surface area contributed by atoms with E-state index in [0.29, 0.717) is 30.8 Å². The average molecular weight is 451 g/mol. The summed E-state index contributed by atoms with van der Waals surface area (Å²) in [5, 5.41) is 0.764. The third-order valence-corrected chi connectivity index (χ3v) is 6.75. The minimum atomic E-state index is -3.70. The van der Waals surface area contributed by atoms with E-state index in [4.69, 9.17) is 4.74 Å². The summed E-state index contributed by atoms with van der Waals surface area (Å²) in [6.45, 7) is 4.47. The first-order valence-electron chi connectivity index (χ1n) is 10.1. The molecule has 0 unspecified atom stereocenters. The zero-order valence-electron chi connectivity index (χ0n) is 17.1. The molecule has 1 fully saturated rings. The highest BCUT2D eigenvalue weighted by Crippen LogP contribution is 2.29. The molecule has 1 aliphatic heterocycles. The normalized spacial score (nSPS) is 14.9. The van der Waals surface area contributed by atoms with Crippen LogP contribution in [0.4, 0.5) is 20.2 Å². The summed E-state index contributed by atoms with van der Waals surface area (Å²) in [6, 6.07) is 4.13. The third-order valence-electron chi connectivity index (χ3n) is 5.27. The van der Waals surface area contributed by atoms with Crippen LogP contribution in [0.3, 0.4) is 0 Å². The average Bonchev–Trinajstić information content (AvgIpc) is 3.16. The maximum Gasteiger partial charge on any atom is 0.232 e. The van der Waals surface area contributed by atoms with Crippen molar-refractivity contribution < 1.29 is 21.9 Å². The number of pyridine rings is 1. The lowest BCUT2D eigenvalue weighted by atomic mass is 10.0. The molecule has 10 heteroatoms. The van der Waals surface area contributed by atoms with E-state index in [2.05, 4.69) is 19.6 Å². The maximum atomic E-state index is 15.1. The molecule has 0 bridgehead atoms. The molecule has 31 heavy (non-hydrogen) atoms. The number of sulfonamides is 1. The predicted octanol–water partition coefficient (Wildman–Crippen LogP) is 3.42. The Hall–Kier alpha value is -2.72. The van der Waals surface area contributed by atoms with Gasteiger partial charge in [-0.2, -0.15) is 0 Å². The molecule has 3 heterocycles. The van der Waals surface area contributed by atoms with Gasteiger partial charge in [-0.25, -0.2) is 22.2 Å². The van der Waals surface area contributed by atoms with E-state index in [1.165, 1.54) is 0 Å². The fourth-order valence-electron chi connectivity index (χ4n) is 3.70. The number of halogens is 2. The Morgan fingerprint density at radius 2 is 2.03 bits per heavy atom. The van der Waals surface area contributed by atoms with E-state index in [1.54, 1.807) is 19.3 Å². The third kappa shape index (κ3) is 4.64. The SMILES string of the molecule is CCCS(=O)(=O)Nc1ccc(F)c(Cc2c[nH]c3ncc(N4CCOCC4)cc23)c1F. The van der Waals surface area contributed by atoms with Gasteiger partial charge in [0.15, 0.2) is 5.82 Å². The zero-order valence-corrected chi connectivity index (χ0v) is 17.9. The largest absolute Gasteiger partial charge is 0.378 e. The van der Waals surface area contributed by atoms with Gasteiger partial charge >= 0.3 is 0 Å². The molecular weight excluding hydrogens is 426 g/mol. The smallest absolute Gasteiger partial charge is 0.232 e. The second-order valence-corrected chi connectivity index (χ2v) is 9.33. The molecule has 166 valence electrons. The Labute approximate surface area is 179 Å². The van der Waals surface area contributed by atoms with E-state index in [0.717, 1.165) is 36.3 Å². The van der Waals surface area contributed by atoms with E-state index in [-0.39, 0.29) is 23.4 Å². The summed E-state index contributed by atoms with van der Waals surface area (Å²) < 4.78 is 61.2. The van der Waals surface area contributed by atoms with Crippen molar-refractivity contribution in [3.63, 3.8) is 0 Å². The number of fused-ring (bicyclic) bond motifs is 1. The van der Waals surface area contributed by atoms with Crippen LogP contribution in [0.1, 0.15) is 24.5 Å². The lowest BCUT2D eigenvalue weighted by Crippen LogP contribution is -2.36. The topological polar surface area (TPSA) is 87.3 Å². The van der Waals surface area contributed by atoms with Gasteiger partial charge < -0.3 is 14.6 Å². The van der Waals surface area contributed by atoms with Crippen LogP contribution in [0.25, 0.3) is 11.0 Å². The van der Waals surface area contributed by atoms with Crippen molar-refractivity contribution in [1.29, 1.82) is 0 Å². The highest BCUT2D eigenvalue weighted by atomic mass is 32.2. The van der Waals surface area contributed by atoms with Crippen molar-refractivity contribution in [1.82, 2.24) is 9.97 Å². The standard InChI is InChI=1S/C21H24F2N4O3S/c1-2-9-31(28,29)26-19-4-3-18(22)17(20(19)23)10-14-12-24-21-16(14)11-15(13-25-21)27-5-7-30-8-6-27/h3-4,11-13,26H,2,5-10H2,1H3,(H,24,25). The monoisotopic (exact) mass is 450 g/mol.